The Morgan fingerprint density at radius 1 is 1.09 bits per heavy atom. The molecule has 3 nitrogen and oxygen atoms in total. The van der Waals surface area contributed by atoms with E-state index >= 15 is 0 Å². The highest BCUT2D eigenvalue weighted by Crippen LogP contribution is 2.29. The Kier molecular flexibility index (Phi) is 4.64. The molecule has 0 radical (unpaired) electrons. The van der Waals surface area contributed by atoms with Crippen LogP contribution in [-0.2, 0) is 5.75 Å². The standard InChI is InChI=1S/C17H15BrN2OS/c1-11-7-8-15(12(2)9-11)22-10-16-19-20-17(21-16)13-5-3-4-6-14(13)18/h3-9H,10H2,1-2H3. The van der Waals surface area contributed by atoms with Gasteiger partial charge in [0.1, 0.15) is 0 Å². The van der Waals surface area contributed by atoms with Crippen molar-refractivity contribution in [3.05, 3.63) is 64.0 Å². The fourth-order valence-electron chi connectivity index (χ4n) is 2.16. The Hall–Kier alpha value is -1.59. The van der Waals surface area contributed by atoms with Crippen LogP contribution in [0.1, 0.15) is 17.0 Å². The first-order chi connectivity index (χ1) is 10.6. The van der Waals surface area contributed by atoms with Crippen molar-refractivity contribution in [3.8, 4) is 11.5 Å². The number of halogens is 1. The van der Waals surface area contributed by atoms with Crippen molar-refractivity contribution in [1.29, 1.82) is 0 Å². The average Bonchev–Trinajstić information content (AvgIpc) is 2.95. The molecule has 0 unspecified atom stereocenters. The van der Waals surface area contributed by atoms with E-state index in [1.807, 2.05) is 24.3 Å². The summed E-state index contributed by atoms with van der Waals surface area (Å²) in [5.74, 6) is 1.85. The highest BCUT2D eigenvalue weighted by molar-refractivity contribution is 9.10. The summed E-state index contributed by atoms with van der Waals surface area (Å²) in [5.41, 5.74) is 3.46. The van der Waals surface area contributed by atoms with Gasteiger partial charge in [-0.3, -0.25) is 0 Å². The van der Waals surface area contributed by atoms with Crippen LogP contribution in [0.5, 0.6) is 0 Å². The maximum atomic E-state index is 5.76. The van der Waals surface area contributed by atoms with Gasteiger partial charge in [0.15, 0.2) is 0 Å². The van der Waals surface area contributed by atoms with Crippen molar-refractivity contribution in [1.82, 2.24) is 10.2 Å². The molecule has 0 saturated carbocycles. The minimum absolute atomic E-state index is 0.545. The van der Waals surface area contributed by atoms with E-state index in [1.54, 1.807) is 11.8 Å². The van der Waals surface area contributed by atoms with Gasteiger partial charge in [-0.15, -0.1) is 22.0 Å². The lowest BCUT2D eigenvalue weighted by molar-refractivity contribution is 0.528. The molecule has 1 heterocycles. The molecule has 5 heteroatoms. The molecule has 0 fully saturated rings. The first-order valence-electron chi connectivity index (χ1n) is 6.91. The van der Waals surface area contributed by atoms with Gasteiger partial charge in [0.05, 0.1) is 11.3 Å². The van der Waals surface area contributed by atoms with Crippen molar-refractivity contribution >= 4 is 27.7 Å². The zero-order valence-electron chi connectivity index (χ0n) is 12.3. The highest BCUT2D eigenvalue weighted by atomic mass is 79.9. The quantitative estimate of drug-likeness (QED) is 0.572. The van der Waals surface area contributed by atoms with Crippen LogP contribution in [0.4, 0.5) is 0 Å². The van der Waals surface area contributed by atoms with Crippen LogP contribution in [0, 0.1) is 13.8 Å². The van der Waals surface area contributed by atoms with E-state index in [-0.39, 0.29) is 0 Å². The van der Waals surface area contributed by atoms with Crippen LogP contribution >= 0.6 is 27.7 Å². The molecule has 0 aliphatic rings. The highest BCUT2D eigenvalue weighted by Gasteiger charge is 2.11. The van der Waals surface area contributed by atoms with E-state index in [9.17, 15) is 0 Å². The molecule has 0 aliphatic heterocycles. The molecular formula is C17H15BrN2OS. The summed E-state index contributed by atoms with van der Waals surface area (Å²) in [6.07, 6.45) is 0. The largest absolute Gasteiger partial charge is 0.420 e. The number of hydrogen-bond donors (Lipinski definition) is 0. The molecular weight excluding hydrogens is 360 g/mol. The molecule has 112 valence electrons. The maximum absolute atomic E-state index is 5.76. The third kappa shape index (κ3) is 3.42. The van der Waals surface area contributed by atoms with Crippen LogP contribution < -0.4 is 0 Å². The van der Waals surface area contributed by atoms with Crippen LogP contribution in [0.2, 0.25) is 0 Å². The normalized spacial score (nSPS) is 10.9. The topological polar surface area (TPSA) is 38.9 Å². The average molecular weight is 375 g/mol. The third-order valence-electron chi connectivity index (χ3n) is 3.25. The Bertz CT molecular complexity index is 801. The molecule has 0 bridgehead atoms. The Morgan fingerprint density at radius 3 is 2.68 bits per heavy atom. The van der Waals surface area contributed by atoms with E-state index in [2.05, 4.69) is 58.2 Å². The number of rotatable bonds is 4. The molecule has 0 atom stereocenters. The molecule has 0 spiro atoms. The summed E-state index contributed by atoms with van der Waals surface area (Å²) < 4.78 is 6.71. The second-order valence-electron chi connectivity index (χ2n) is 5.04. The Morgan fingerprint density at radius 2 is 1.91 bits per heavy atom. The van der Waals surface area contributed by atoms with Crippen molar-refractivity contribution in [2.45, 2.75) is 24.5 Å². The van der Waals surface area contributed by atoms with Crippen LogP contribution in [0.25, 0.3) is 11.5 Å². The molecule has 0 aliphatic carbocycles. The summed E-state index contributed by atoms with van der Waals surface area (Å²) in [5, 5.41) is 8.27. The number of thioether (sulfide) groups is 1. The zero-order chi connectivity index (χ0) is 15.5. The molecule has 0 saturated heterocycles. The molecule has 22 heavy (non-hydrogen) atoms. The second kappa shape index (κ2) is 6.67. The van der Waals surface area contributed by atoms with E-state index in [0.29, 0.717) is 17.5 Å². The van der Waals surface area contributed by atoms with Gasteiger partial charge >= 0.3 is 0 Å². The molecule has 3 aromatic rings. The molecule has 0 amide bonds. The molecule has 2 aromatic carbocycles. The number of aromatic nitrogens is 2. The monoisotopic (exact) mass is 374 g/mol. The SMILES string of the molecule is Cc1ccc(SCc2nnc(-c3ccccc3Br)o2)c(C)c1. The third-order valence-corrected chi connectivity index (χ3v) is 5.10. The van der Waals surface area contributed by atoms with Crippen LogP contribution in [0.15, 0.2) is 56.2 Å². The molecule has 1 aromatic heterocycles. The summed E-state index contributed by atoms with van der Waals surface area (Å²) in [6.45, 7) is 4.22. The van der Waals surface area contributed by atoms with Crippen LogP contribution in [0.3, 0.4) is 0 Å². The number of nitrogens with zero attached hydrogens (tertiary/aromatic N) is 2. The molecule has 0 N–H and O–H groups in total. The summed E-state index contributed by atoms with van der Waals surface area (Å²) >= 11 is 5.21. The van der Waals surface area contributed by atoms with Gasteiger partial charge in [-0.05, 0) is 53.5 Å². The minimum Gasteiger partial charge on any atom is -0.420 e. The second-order valence-corrected chi connectivity index (χ2v) is 6.91. The number of hydrogen-bond acceptors (Lipinski definition) is 4. The molecule has 3 rings (SSSR count). The Labute approximate surface area is 142 Å². The van der Waals surface area contributed by atoms with Gasteiger partial charge in [0, 0.05) is 9.37 Å². The maximum Gasteiger partial charge on any atom is 0.248 e. The fraction of sp³-hybridized carbons (Fsp3) is 0.176. The van der Waals surface area contributed by atoms with E-state index in [1.165, 1.54) is 16.0 Å². The van der Waals surface area contributed by atoms with Gasteiger partial charge in [-0.25, -0.2) is 0 Å². The van der Waals surface area contributed by atoms with Gasteiger partial charge in [-0.1, -0.05) is 29.8 Å². The van der Waals surface area contributed by atoms with Gasteiger partial charge in [0.2, 0.25) is 11.8 Å². The fourth-order valence-corrected chi connectivity index (χ4v) is 3.46. The van der Waals surface area contributed by atoms with Crippen LogP contribution in [-0.4, -0.2) is 10.2 Å². The Balaban J connectivity index is 1.74. The number of benzene rings is 2. The van der Waals surface area contributed by atoms with E-state index in [4.69, 9.17) is 4.42 Å². The van der Waals surface area contributed by atoms with E-state index < -0.39 is 0 Å². The first-order valence-corrected chi connectivity index (χ1v) is 8.68. The van der Waals surface area contributed by atoms with Crippen molar-refractivity contribution < 1.29 is 4.42 Å². The first kappa shape index (κ1) is 15.3. The van der Waals surface area contributed by atoms with Gasteiger partial charge in [-0.2, -0.15) is 0 Å². The van der Waals surface area contributed by atoms with Crippen molar-refractivity contribution in [2.24, 2.45) is 0 Å². The summed E-state index contributed by atoms with van der Waals surface area (Å²) in [6, 6.07) is 14.3. The lowest BCUT2D eigenvalue weighted by Gasteiger charge is -2.04. The predicted molar refractivity (Wildman–Crippen MR) is 92.9 cm³/mol. The van der Waals surface area contributed by atoms with E-state index in [0.717, 1.165) is 10.0 Å². The number of aryl methyl sites for hydroxylation is 2. The van der Waals surface area contributed by atoms with Crippen molar-refractivity contribution in [3.63, 3.8) is 0 Å². The van der Waals surface area contributed by atoms with Gasteiger partial charge < -0.3 is 4.42 Å². The lowest BCUT2D eigenvalue weighted by Crippen LogP contribution is -1.84. The van der Waals surface area contributed by atoms with Crippen molar-refractivity contribution in [2.75, 3.05) is 0 Å². The van der Waals surface area contributed by atoms with Gasteiger partial charge in [0.25, 0.3) is 0 Å². The predicted octanol–water partition coefficient (Wildman–Crippen LogP) is 5.41. The summed E-state index contributed by atoms with van der Waals surface area (Å²) in [7, 11) is 0. The summed E-state index contributed by atoms with van der Waals surface area (Å²) in [4.78, 5) is 1.24. The smallest absolute Gasteiger partial charge is 0.248 e. The zero-order valence-corrected chi connectivity index (χ0v) is 14.7. The minimum atomic E-state index is 0.545. The lowest BCUT2D eigenvalue weighted by atomic mass is 10.2.